The van der Waals surface area contributed by atoms with Gasteiger partial charge in [-0.15, -0.1) is 0 Å². The zero-order valence-corrected chi connectivity index (χ0v) is 9.22. The third-order valence-corrected chi connectivity index (χ3v) is 3.38. The quantitative estimate of drug-likeness (QED) is 0.796. The molecule has 1 aromatic rings. The number of aromatic amines is 1. The van der Waals surface area contributed by atoms with Crippen molar-refractivity contribution in [1.29, 1.82) is 0 Å². The number of nitrogens with one attached hydrogen (secondary N) is 1. The lowest BCUT2D eigenvalue weighted by Gasteiger charge is -2.38. The maximum absolute atomic E-state index is 11.7. The second kappa shape index (κ2) is 3.58. The van der Waals surface area contributed by atoms with Crippen LogP contribution in [0.25, 0.3) is 0 Å². The standard InChI is InChI=1S/C11H13N3O3/c15-10(6-1-2-6)14-4-7(5-14)8-3-9(11(16)17)13-12-8/h3,6-7H,1-2,4-5H2,(H,12,13)(H,16,17). The first-order valence-corrected chi connectivity index (χ1v) is 5.72. The van der Waals surface area contributed by atoms with Gasteiger partial charge in [0.2, 0.25) is 5.91 Å². The zero-order chi connectivity index (χ0) is 12.0. The van der Waals surface area contributed by atoms with Crippen molar-refractivity contribution in [1.82, 2.24) is 15.1 Å². The van der Waals surface area contributed by atoms with E-state index >= 15 is 0 Å². The SMILES string of the molecule is O=C(O)c1cc(C2CN(C(=O)C3CC3)C2)[nH]n1. The Bertz CT molecular complexity index is 472. The molecule has 1 saturated heterocycles. The molecule has 0 spiro atoms. The molecule has 3 rings (SSSR count). The Morgan fingerprint density at radius 2 is 2.12 bits per heavy atom. The molecule has 2 heterocycles. The van der Waals surface area contributed by atoms with E-state index in [1.54, 1.807) is 6.07 Å². The van der Waals surface area contributed by atoms with Gasteiger partial charge in [0.15, 0.2) is 5.69 Å². The van der Waals surface area contributed by atoms with E-state index in [1.165, 1.54) is 0 Å². The van der Waals surface area contributed by atoms with Crippen molar-refractivity contribution in [3.8, 4) is 0 Å². The average Bonchev–Trinajstić information content (AvgIpc) is 2.96. The minimum absolute atomic E-state index is 0.0342. The van der Waals surface area contributed by atoms with Crippen LogP contribution in [-0.4, -0.2) is 45.2 Å². The van der Waals surface area contributed by atoms with Gasteiger partial charge in [-0.1, -0.05) is 0 Å². The van der Waals surface area contributed by atoms with Crippen molar-refractivity contribution in [2.75, 3.05) is 13.1 Å². The van der Waals surface area contributed by atoms with Crippen molar-refractivity contribution < 1.29 is 14.7 Å². The number of hydrogen-bond acceptors (Lipinski definition) is 3. The van der Waals surface area contributed by atoms with E-state index in [4.69, 9.17) is 5.11 Å². The number of carboxylic acids is 1. The summed E-state index contributed by atoms with van der Waals surface area (Å²) in [7, 11) is 0. The van der Waals surface area contributed by atoms with E-state index < -0.39 is 5.97 Å². The van der Waals surface area contributed by atoms with Crippen LogP contribution in [0.1, 0.15) is 34.9 Å². The van der Waals surface area contributed by atoms with Crippen LogP contribution in [0.15, 0.2) is 6.07 Å². The summed E-state index contributed by atoms with van der Waals surface area (Å²) in [5, 5.41) is 15.2. The Morgan fingerprint density at radius 1 is 1.41 bits per heavy atom. The van der Waals surface area contributed by atoms with Crippen LogP contribution in [0.5, 0.6) is 0 Å². The topological polar surface area (TPSA) is 86.3 Å². The second-order valence-electron chi connectivity index (χ2n) is 4.73. The Hall–Kier alpha value is -1.85. The first kappa shape index (κ1) is 10.3. The smallest absolute Gasteiger partial charge is 0.356 e. The molecular weight excluding hydrogens is 222 g/mol. The molecule has 1 aliphatic carbocycles. The number of rotatable bonds is 3. The van der Waals surface area contributed by atoms with Crippen LogP contribution in [-0.2, 0) is 4.79 Å². The number of aromatic nitrogens is 2. The van der Waals surface area contributed by atoms with Crippen molar-refractivity contribution >= 4 is 11.9 Å². The van der Waals surface area contributed by atoms with Gasteiger partial charge in [0.1, 0.15) is 0 Å². The molecule has 0 unspecified atom stereocenters. The van der Waals surface area contributed by atoms with Crippen LogP contribution >= 0.6 is 0 Å². The molecule has 2 aliphatic rings. The van der Waals surface area contributed by atoms with Gasteiger partial charge < -0.3 is 10.0 Å². The van der Waals surface area contributed by atoms with E-state index in [-0.39, 0.29) is 23.4 Å². The van der Waals surface area contributed by atoms with E-state index in [9.17, 15) is 9.59 Å². The van der Waals surface area contributed by atoms with Gasteiger partial charge in [0.25, 0.3) is 0 Å². The van der Waals surface area contributed by atoms with Crippen LogP contribution in [0, 0.1) is 5.92 Å². The molecule has 0 bridgehead atoms. The minimum atomic E-state index is -1.03. The fraction of sp³-hybridized carbons (Fsp3) is 0.545. The van der Waals surface area contributed by atoms with E-state index in [0.29, 0.717) is 13.1 Å². The molecule has 1 aromatic heterocycles. The number of H-pyrrole nitrogens is 1. The van der Waals surface area contributed by atoms with Crippen LogP contribution < -0.4 is 0 Å². The number of carboxylic acid groups (broad SMARTS) is 1. The molecule has 2 fully saturated rings. The van der Waals surface area contributed by atoms with E-state index in [0.717, 1.165) is 18.5 Å². The highest BCUT2D eigenvalue weighted by Gasteiger charge is 2.40. The zero-order valence-electron chi connectivity index (χ0n) is 9.22. The van der Waals surface area contributed by atoms with Crippen molar-refractivity contribution in [2.24, 2.45) is 5.92 Å². The van der Waals surface area contributed by atoms with E-state index in [1.807, 2.05) is 4.90 Å². The molecular formula is C11H13N3O3. The summed E-state index contributed by atoms with van der Waals surface area (Å²) >= 11 is 0. The van der Waals surface area contributed by atoms with Crippen molar-refractivity contribution in [2.45, 2.75) is 18.8 Å². The number of likely N-dealkylation sites (tertiary alicyclic amines) is 1. The summed E-state index contributed by atoms with van der Waals surface area (Å²) < 4.78 is 0. The Kier molecular flexibility index (Phi) is 2.17. The summed E-state index contributed by atoms with van der Waals surface area (Å²) in [6.07, 6.45) is 2.04. The van der Waals surface area contributed by atoms with Crippen LogP contribution in [0.2, 0.25) is 0 Å². The fourth-order valence-corrected chi connectivity index (χ4v) is 2.10. The lowest BCUT2D eigenvalue weighted by atomic mass is 9.95. The second-order valence-corrected chi connectivity index (χ2v) is 4.73. The molecule has 0 atom stereocenters. The van der Waals surface area contributed by atoms with Gasteiger partial charge in [-0.2, -0.15) is 5.10 Å². The summed E-state index contributed by atoms with van der Waals surface area (Å²) in [4.78, 5) is 24.2. The lowest BCUT2D eigenvalue weighted by molar-refractivity contribution is -0.137. The van der Waals surface area contributed by atoms with Gasteiger partial charge in [0.05, 0.1) is 0 Å². The highest BCUT2D eigenvalue weighted by Crippen LogP contribution is 2.35. The Morgan fingerprint density at radius 3 is 2.65 bits per heavy atom. The number of nitrogens with zero attached hydrogens (tertiary/aromatic N) is 2. The normalized spacial score (nSPS) is 20.1. The maximum Gasteiger partial charge on any atom is 0.356 e. The lowest BCUT2D eigenvalue weighted by Crippen LogP contribution is -2.49. The third kappa shape index (κ3) is 1.79. The summed E-state index contributed by atoms with van der Waals surface area (Å²) in [6.45, 7) is 1.35. The van der Waals surface area contributed by atoms with Gasteiger partial charge in [-0.25, -0.2) is 4.79 Å². The van der Waals surface area contributed by atoms with Crippen LogP contribution in [0.4, 0.5) is 0 Å². The fourth-order valence-electron chi connectivity index (χ4n) is 2.10. The molecule has 1 saturated carbocycles. The number of hydrogen-bond donors (Lipinski definition) is 2. The van der Waals surface area contributed by atoms with Crippen molar-refractivity contribution in [3.63, 3.8) is 0 Å². The third-order valence-electron chi connectivity index (χ3n) is 3.38. The Labute approximate surface area is 97.6 Å². The Balaban J connectivity index is 1.60. The highest BCUT2D eigenvalue weighted by atomic mass is 16.4. The molecule has 0 radical (unpaired) electrons. The molecule has 2 N–H and O–H groups in total. The number of carbonyl (C=O) groups is 2. The summed E-state index contributed by atoms with van der Waals surface area (Å²) in [5.41, 5.74) is 0.842. The predicted molar refractivity (Wildman–Crippen MR) is 57.6 cm³/mol. The monoisotopic (exact) mass is 235 g/mol. The van der Waals surface area contributed by atoms with Gasteiger partial charge in [-0.3, -0.25) is 9.89 Å². The summed E-state index contributed by atoms with van der Waals surface area (Å²) in [6, 6.07) is 1.55. The van der Waals surface area contributed by atoms with Crippen LogP contribution in [0.3, 0.4) is 0 Å². The number of aromatic carboxylic acids is 1. The molecule has 17 heavy (non-hydrogen) atoms. The number of carbonyl (C=O) groups excluding carboxylic acids is 1. The van der Waals surface area contributed by atoms with Gasteiger partial charge >= 0.3 is 5.97 Å². The molecule has 1 amide bonds. The summed E-state index contributed by atoms with van der Waals surface area (Å²) in [5.74, 6) is -0.317. The molecule has 0 aromatic carbocycles. The predicted octanol–water partition coefficient (Wildman–Crippen LogP) is 0.444. The largest absolute Gasteiger partial charge is 0.476 e. The minimum Gasteiger partial charge on any atom is -0.476 e. The average molecular weight is 235 g/mol. The molecule has 90 valence electrons. The first-order valence-electron chi connectivity index (χ1n) is 5.72. The molecule has 6 nitrogen and oxygen atoms in total. The first-order chi connectivity index (χ1) is 8.15. The van der Waals surface area contributed by atoms with Gasteiger partial charge in [0, 0.05) is 30.6 Å². The van der Waals surface area contributed by atoms with E-state index in [2.05, 4.69) is 10.2 Å². The maximum atomic E-state index is 11.7. The highest BCUT2D eigenvalue weighted by molar-refractivity contribution is 5.85. The molecule has 6 heteroatoms. The number of amides is 1. The molecule has 1 aliphatic heterocycles. The van der Waals surface area contributed by atoms with Crippen molar-refractivity contribution in [3.05, 3.63) is 17.5 Å². The van der Waals surface area contributed by atoms with Gasteiger partial charge in [-0.05, 0) is 18.9 Å².